The summed E-state index contributed by atoms with van der Waals surface area (Å²) in [6.45, 7) is 4.70. The van der Waals surface area contributed by atoms with Crippen molar-refractivity contribution in [1.82, 2.24) is 4.90 Å². The number of ether oxygens (including phenoxy) is 1. The summed E-state index contributed by atoms with van der Waals surface area (Å²) in [4.78, 5) is 19.4. The Hall–Kier alpha value is -2.05. The highest BCUT2D eigenvalue weighted by Crippen LogP contribution is 2.32. The number of hydrogen-bond acceptors (Lipinski definition) is 4. The zero-order chi connectivity index (χ0) is 18.8. The van der Waals surface area contributed by atoms with Gasteiger partial charge >= 0.3 is 0 Å². The third-order valence-electron chi connectivity index (χ3n) is 5.27. The highest BCUT2D eigenvalue weighted by Gasteiger charge is 2.35. The summed E-state index contributed by atoms with van der Waals surface area (Å²) in [6, 6.07) is 15.9. The van der Waals surface area contributed by atoms with Crippen molar-refractivity contribution >= 4 is 33.2 Å². The molecule has 0 radical (unpaired) electrons. The number of hydrogen-bond donors (Lipinski definition) is 0. The maximum atomic E-state index is 12.9. The van der Waals surface area contributed by atoms with Crippen LogP contribution in [-0.2, 0) is 4.79 Å². The van der Waals surface area contributed by atoms with Crippen LogP contribution in [0, 0.1) is 0 Å². The Morgan fingerprint density at radius 2 is 1.67 bits per heavy atom. The van der Waals surface area contributed by atoms with E-state index >= 15 is 0 Å². The minimum Gasteiger partial charge on any atom is -0.478 e. The topological polar surface area (TPSA) is 36.0 Å². The van der Waals surface area contributed by atoms with Crippen molar-refractivity contribution < 1.29 is 9.53 Å². The highest BCUT2D eigenvalue weighted by atomic mass is 79.9. The van der Waals surface area contributed by atoms with Crippen molar-refractivity contribution in [1.29, 1.82) is 0 Å². The summed E-state index contributed by atoms with van der Waals surface area (Å²) < 4.78 is 7.22. The second-order valence-electron chi connectivity index (χ2n) is 7.12. The molecule has 0 spiro atoms. The smallest absolute Gasteiger partial charge is 0.268 e. The van der Waals surface area contributed by atoms with Gasteiger partial charge in [0.15, 0.2) is 6.10 Å². The summed E-state index contributed by atoms with van der Waals surface area (Å²) in [7, 11) is 2.15. The van der Waals surface area contributed by atoms with Gasteiger partial charge in [0.25, 0.3) is 5.91 Å². The van der Waals surface area contributed by atoms with Crippen molar-refractivity contribution in [2.45, 2.75) is 12.5 Å². The van der Waals surface area contributed by atoms with Crippen LogP contribution in [-0.4, -0.2) is 56.7 Å². The van der Waals surface area contributed by atoms with Gasteiger partial charge in [0, 0.05) is 49.3 Å². The zero-order valence-corrected chi connectivity index (χ0v) is 17.1. The maximum Gasteiger partial charge on any atom is 0.268 e. The molecule has 2 fully saturated rings. The van der Waals surface area contributed by atoms with E-state index in [-0.39, 0.29) is 5.91 Å². The van der Waals surface area contributed by atoms with Crippen molar-refractivity contribution in [3.8, 4) is 5.75 Å². The Balaban J connectivity index is 1.48. The Labute approximate surface area is 168 Å². The fourth-order valence-electron chi connectivity index (χ4n) is 3.66. The molecule has 1 amide bonds. The molecular formula is C21H24BrN3O2. The van der Waals surface area contributed by atoms with Gasteiger partial charge in [-0.3, -0.25) is 4.79 Å². The lowest BCUT2D eigenvalue weighted by molar-refractivity contribution is -0.122. The third kappa shape index (κ3) is 3.96. The van der Waals surface area contributed by atoms with Crippen molar-refractivity contribution in [3.05, 3.63) is 53.0 Å². The first-order chi connectivity index (χ1) is 13.1. The SMILES string of the molecule is CN1CCN(c2ccccc2OC2CCN(c3ccc(Br)cc3)C2=O)CC1. The molecule has 2 saturated heterocycles. The van der Waals surface area contributed by atoms with E-state index in [1.165, 1.54) is 0 Å². The number of halogens is 1. The molecule has 6 heteroatoms. The van der Waals surface area contributed by atoms with Gasteiger partial charge in [-0.25, -0.2) is 0 Å². The van der Waals surface area contributed by atoms with Crippen LogP contribution in [0.2, 0.25) is 0 Å². The average Bonchev–Trinajstić information content (AvgIpc) is 3.04. The van der Waals surface area contributed by atoms with Crippen LogP contribution in [0.5, 0.6) is 5.75 Å². The first kappa shape index (κ1) is 18.3. The van der Waals surface area contributed by atoms with Gasteiger partial charge in [-0.2, -0.15) is 0 Å². The number of likely N-dealkylation sites (N-methyl/N-ethyl adjacent to an activating group) is 1. The van der Waals surface area contributed by atoms with Crippen LogP contribution in [0.25, 0.3) is 0 Å². The Morgan fingerprint density at radius 3 is 2.41 bits per heavy atom. The minimum absolute atomic E-state index is 0.0329. The van der Waals surface area contributed by atoms with Crippen LogP contribution in [0.3, 0.4) is 0 Å². The summed E-state index contributed by atoms with van der Waals surface area (Å²) in [5, 5.41) is 0. The van der Waals surface area contributed by atoms with Gasteiger partial charge in [0.1, 0.15) is 5.75 Å². The zero-order valence-electron chi connectivity index (χ0n) is 15.5. The van der Waals surface area contributed by atoms with E-state index < -0.39 is 6.10 Å². The molecule has 2 heterocycles. The molecule has 142 valence electrons. The number of nitrogens with zero attached hydrogens (tertiary/aromatic N) is 3. The van der Waals surface area contributed by atoms with Crippen molar-refractivity contribution in [2.24, 2.45) is 0 Å². The number of carbonyl (C=O) groups excluding carboxylic acids is 1. The predicted octanol–water partition coefficient (Wildman–Crippen LogP) is 3.39. The molecule has 2 aromatic rings. The van der Waals surface area contributed by atoms with E-state index in [0.717, 1.165) is 47.8 Å². The highest BCUT2D eigenvalue weighted by molar-refractivity contribution is 9.10. The summed E-state index contributed by atoms with van der Waals surface area (Å²) in [5.41, 5.74) is 2.00. The van der Waals surface area contributed by atoms with Gasteiger partial charge < -0.3 is 19.4 Å². The molecule has 4 rings (SSSR count). The number of piperazine rings is 1. The van der Waals surface area contributed by atoms with E-state index in [4.69, 9.17) is 4.74 Å². The molecule has 0 aliphatic carbocycles. The molecule has 1 atom stereocenters. The van der Waals surface area contributed by atoms with Crippen molar-refractivity contribution in [2.75, 3.05) is 49.6 Å². The molecule has 2 aliphatic rings. The molecule has 0 aromatic heterocycles. The van der Waals surface area contributed by atoms with E-state index in [2.05, 4.69) is 38.8 Å². The van der Waals surface area contributed by atoms with E-state index in [0.29, 0.717) is 13.0 Å². The summed E-state index contributed by atoms with van der Waals surface area (Å²) in [6.07, 6.45) is 0.272. The number of para-hydroxylation sites is 2. The van der Waals surface area contributed by atoms with Crippen LogP contribution >= 0.6 is 15.9 Å². The van der Waals surface area contributed by atoms with Crippen LogP contribution < -0.4 is 14.5 Å². The van der Waals surface area contributed by atoms with Gasteiger partial charge in [0.05, 0.1) is 5.69 Å². The van der Waals surface area contributed by atoms with Gasteiger partial charge in [-0.1, -0.05) is 28.1 Å². The molecular weight excluding hydrogens is 406 g/mol. The fourth-order valence-corrected chi connectivity index (χ4v) is 3.92. The quantitative estimate of drug-likeness (QED) is 0.745. The maximum absolute atomic E-state index is 12.9. The number of rotatable bonds is 4. The number of anilines is 2. The largest absolute Gasteiger partial charge is 0.478 e. The molecule has 2 aromatic carbocycles. The Morgan fingerprint density at radius 1 is 0.963 bits per heavy atom. The second kappa shape index (κ2) is 7.90. The minimum atomic E-state index is -0.428. The second-order valence-corrected chi connectivity index (χ2v) is 8.04. The van der Waals surface area contributed by atoms with E-state index in [1.807, 2.05) is 47.4 Å². The molecule has 5 nitrogen and oxygen atoms in total. The Bertz CT molecular complexity index is 803. The van der Waals surface area contributed by atoms with Crippen LogP contribution in [0.15, 0.2) is 53.0 Å². The summed E-state index contributed by atoms with van der Waals surface area (Å²) in [5.74, 6) is 0.837. The first-order valence-corrected chi connectivity index (χ1v) is 10.2. The van der Waals surface area contributed by atoms with Gasteiger partial charge in [-0.15, -0.1) is 0 Å². The first-order valence-electron chi connectivity index (χ1n) is 9.38. The average molecular weight is 430 g/mol. The van der Waals surface area contributed by atoms with Gasteiger partial charge in [0.2, 0.25) is 0 Å². The monoisotopic (exact) mass is 429 g/mol. The fraction of sp³-hybridized carbons (Fsp3) is 0.381. The standard InChI is InChI=1S/C21H24BrN3O2/c1-23-12-14-24(15-13-23)18-4-2-3-5-19(18)27-20-10-11-25(21(20)26)17-8-6-16(22)7-9-17/h2-9,20H,10-15H2,1H3. The van der Waals surface area contributed by atoms with E-state index in [1.54, 1.807) is 0 Å². The lowest BCUT2D eigenvalue weighted by atomic mass is 10.2. The number of carbonyl (C=O) groups is 1. The molecule has 0 N–H and O–H groups in total. The van der Waals surface area contributed by atoms with Crippen molar-refractivity contribution in [3.63, 3.8) is 0 Å². The lowest BCUT2D eigenvalue weighted by Crippen LogP contribution is -2.44. The number of amides is 1. The van der Waals surface area contributed by atoms with Crippen LogP contribution in [0.4, 0.5) is 11.4 Å². The third-order valence-corrected chi connectivity index (χ3v) is 5.80. The molecule has 0 bridgehead atoms. The van der Waals surface area contributed by atoms with E-state index in [9.17, 15) is 4.79 Å². The molecule has 1 unspecified atom stereocenters. The molecule has 2 aliphatic heterocycles. The molecule has 0 saturated carbocycles. The number of benzene rings is 2. The normalized spacial score (nSPS) is 21.0. The van der Waals surface area contributed by atoms with Gasteiger partial charge in [-0.05, 0) is 43.4 Å². The lowest BCUT2D eigenvalue weighted by Gasteiger charge is -2.35. The Kier molecular flexibility index (Phi) is 5.36. The van der Waals surface area contributed by atoms with Crippen LogP contribution in [0.1, 0.15) is 6.42 Å². The molecule has 27 heavy (non-hydrogen) atoms. The predicted molar refractivity (Wildman–Crippen MR) is 112 cm³/mol. The summed E-state index contributed by atoms with van der Waals surface area (Å²) >= 11 is 3.44.